The highest BCUT2D eigenvalue weighted by Crippen LogP contribution is 2.31. The second-order valence-electron chi connectivity index (χ2n) is 4.07. The molecule has 0 aliphatic heterocycles. The minimum Gasteiger partial charge on any atom is -0.497 e. The molecule has 21 heavy (non-hydrogen) atoms. The van der Waals surface area contributed by atoms with Gasteiger partial charge in [0.2, 0.25) is 5.71 Å². The van der Waals surface area contributed by atoms with Crippen LogP contribution in [0.1, 0.15) is 0 Å². The van der Waals surface area contributed by atoms with Gasteiger partial charge in [0.05, 0.1) is 12.8 Å². The minimum atomic E-state index is -0.239. The molecule has 1 N–H and O–H groups in total. The van der Waals surface area contributed by atoms with E-state index in [1.165, 1.54) is 0 Å². The van der Waals surface area contributed by atoms with E-state index < -0.39 is 0 Å². The number of hydrogen-bond acceptors (Lipinski definition) is 5. The summed E-state index contributed by atoms with van der Waals surface area (Å²) in [5.41, 5.74) is 5.06. The van der Waals surface area contributed by atoms with Gasteiger partial charge in [0.1, 0.15) is 17.9 Å². The van der Waals surface area contributed by atoms with Crippen molar-refractivity contribution >= 4 is 11.4 Å². The molecule has 0 saturated heterocycles. The van der Waals surface area contributed by atoms with E-state index in [9.17, 15) is 0 Å². The van der Waals surface area contributed by atoms with Gasteiger partial charge in [0.25, 0.3) is 0 Å². The number of hydrazone groups is 1. The normalized spacial score (nSPS) is 9.10. The van der Waals surface area contributed by atoms with Gasteiger partial charge >= 0.3 is 0 Å². The second kappa shape index (κ2) is 6.74. The summed E-state index contributed by atoms with van der Waals surface area (Å²) in [7, 11) is 1.57. The fourth-order valence-electron chi connectivity index (χ4n) is 1.80. The summed E-state index contributed by atoms with van der Waals surface area (Å²) < 4.78 is 5.19. The Labute approximate surface area is 122 Å². The van der Waals surface area contributed by atoms with Gasteiger partial charge in [-0.2, -0.15) is 15.6 Å². The van der Waals surface area contributed by atoms with E-state index in [4.69, 9.17) is 15.3 Å². The third-order valence-electron chi connectivity index (χ3n) is 2.81. The Bertz CT molecular complexity index is 723. The van der Waals surface area contributed by atoms with Gasteiger partial charge in [-0.15, -0.1) is 0 Å². The molecule has 102 valence electrons. The predicted molar refractivity (Wildman–Crippen MR) is 80.7 cm³/mol. The van der Waals surface area contributed by atoms with Gasteiger partial charge in [-0.05, 0) is 17.7 Å². The molecule has 0 unspecified atom stereocenters. The highest BCUT2D eigenvalue weighted by atomic mass is 16.5. The fourth-order valence-corrected chi connectivity index (χ4v) is 1.80. The zero-order valence-corrected chi connectivity index (χ0v) is 11.4. The van der Waals surface area contributed by atoms with Gasteiger partial charge in [-0.3, -0.25) is 5.43 Å². The molecule has 5 heteroatoms. The van der Waals surface area contributed by atoms with Crippen molar-refractivity contribution in [1.82, 2.24) is 0 Å². The third kappa shape index (κ3) is 3.37. The second-order valence-corrected chi connectivity index (χ2v) is 4.07. The Hall–Kier alpha value is -3.31. The van der Waals surface area contributed by atoms with Crippen LogP contribution in [0.15, 0.2) is 53.6 Å². The number of nitrogens with zero attached hydrogens (tertiary/aromatic N) is 3. The van der Waals surface area contributed by atoms with Gasteiger partial charge < -0.3 is 4.74 Å². The molecule has 2 aromatic rings. The van der Waals surface area contributed by atoms with Crippen molar-refractivity contribution in [3.63, 3.8) is 0 Å². The Balaban J connectivity index is 2.45. The minimum absolute atomic E-state index is 0.239. The summed E-state index contributed by atoms with van der Waals surface area (Å²) in [6.07, 6.45) is 0. The summed E-state index contributed by atoms with van der Waals surface area (Å²) in [4.78, 5) is 0. The van der Waals surface area contributed by atoms with Gasteiger partial charge in [0.15, 0.2) is 0 Å². The number of benzene rings is 2. The molecule has 0 saturated carbocycles. The van der Waals surface area contributed by atoms with Crippen molar-refractivity contribution in [3.05, 3.63) is 48.5 Å². The maximum atomic E-state index is 8.72. The first kappa shape index (κ1) is 14.1. The van der Waals surface area contributed by atoms with E-state index in [-0.39, 0.29) is 5.71 Å². The zero-order chi connectivity index (χ0) is 15.1. The molecule has 5 nitrogen and oxygen atoms in total. The van der Waals surface area contributed by atoms with Crippen LogP contribution >= 0.6 is 0 Å². The first-order chi connectivity index (χ1) is 10.3. The number of nitrogens with one attached hydrogen (secondary N) is 1. The van der Waals surface area contributed by atoms with Gasteiger partial charge in [-0.25, -0.2) is 0 Å². The molecule has 0 aliphatic carbocycles. The lowest BCUT2D eigenvalue weighted by molar-refractivity contribution is 0.415. The molecule has 0 heterocycles. The summed E-state index contributed by atoms with van der Waals surface area (Å²) in [5, 5.41) is 21.2. The molecular weight excluding hydrogens is 264 g/mol. The molecule has 0 aromatic heterocycles. The van der Waals surface area contributed by atoms with E-state index in [1.54, 1.807) is 25.3 Å². The van der Waals surface area contributed by atoms with Crippen LogP contribution in [0, 0.1) is 22.7 Å². The van der Waals surface area contributed by atoms with Crippen LogP contribution in [0.5, 0.6) is 5.75 Å². The molecule has 0 fully saturated rings. The van der Waals surface area contributed by atoms with Crippen molar-refractivity contribution in [1.29, 1.82) is 10.5 Å². The summed E-state index contributed by atoms with van der Waals surface area (Å²) in [6.45, 7) is 0. The molecule has 0 spiro atoms. The Morgan fingerprint density at radius 2 is 1.81 bits per heavy atom. The van der Waals surface area contributed by atoms with E-state index >= 15 is 0 Å². The van der Waals surface area contributed by atoms with Crippen LogP contribution in [-0.4, -0.2) is 12.8 Å². The molecule has 2 aromatic carbocycles. The smallest absolute Gasteiger partial charge is 0.237 e. The van der Waals surface area contributed by atoms with Crippen molar-refractivity contribution in [2.45, 2.75) is 0 Å². The topological polar surface area (TPSA) is 81.2 Å². The van der Waals surface area contributed by atoms with Crippen molar-refractivity contribution in [2.75, 3.05) is 12.5 Å². The summed E-state index contributed by atoms with van der Waals surface area (Å²) in [6, 6.07) is 18.6. The first-order valence-electron chi connectivity index (χ1n) is 6.16. The maximum absolute atomic E-state index is 8.72. The molecule has 0 aliphatic rings. The Kier molecular flexibility index (Phi) is 4.53. The number of rotatable bonds is 4. The average molecular weight is 276 g/mol. The van der Waals surface area contributed by atoms with Crippen LogP contribution < -0.4 is 10.2 Å². The monoisotopic (exact) mass is 276 g/mol. The predicted octanol–water partition coefficient (Wildman–Crippen LogP) is 3.18. The van der Waals surface area contributed by atoms with Crippen LogP contribution in [0.4, 0.5) is 5.69 Å². The zero-order valence-electron chi connectivity index (χ0n) is 11.4. The standard InChI is InChI=1S/C16H12N4O/c1-21-14-7-8-15(12-5-3-2-4-6-12)16(9-14)20-19-13(10-17)11-18/h2-9,20H,1H3. The Morgan fingerprint density at radius 1 is 1.10 bits per heavy atom. The van der Waals surface area contributed by atoms with Crippen LogP contribution in [0.3, 0.4) is 0 Å². The number of methoxy groups -OCH3 is 1. The lowest BCUT2D eigenvalue weighted by Gasteiger charge is -2.11. The Morgan fingerprint density at radius 3 is 2.43 bits per heavy atom. The van der Waals surface area contributed by atoms with Crippen molar-refractivity contribution in [3.8, 4) is 29.0 Å². The lowest BCUT2D eigenvalue weighted by Crippen LogP contribution is -1.98. The number of hydrogen-bond donors (Lipinski definition) is 1. The van der Waals surface area contributed by atoms with Crippen LogP contribution in [-0.2, 0) is 0 Å². The number of nitriles is 2. The highest BCUT2D eigenvalue weighted by molar-refractivity contribution is 6.10. The van der Waals surface area contributed by atoms with Crippen molar-refractivity contribution < 1.29 is 4.74 Å². The van der Waals surface area contributed by atoms with Gasteiger partial charge in [0, 0.05) is 11.6 Å². The number of ether oxygens (including phenoxy) is 1. The largest absolute Gasteiger partial charge is 0.497 e. The molecule has 0 radical (unpaired) electrons. The summed E-state index contributed by atoms with van der Waals surface area (Å²) in [5.74, 6) is 0.655. The average Bonchev–Trinajstić information content (AvgIpc) is 2.56. The summed E-state index contributed by atoms with van der Waals surface area (Å²) >= 11 is 0. The molecule has 0 atom stereocenters. The fraction of sp³-hybridized carbons (Fsp3) is 0.0625. The lowest BCUT2D eigenvalue weighted by atomic mass is 10.0. The van der Waals surface area contributed by atoms with E-state index in [0.29, 0.717) is 11.4 Å². The third-order valence-corrected chi connectivity index (χ3v) is 2.81. The van der Waals surface area contributed by atoms with E-state index in [0.717, 1.165) is 11.1 Å². The van der Waals surface area contributed by atoms with E-state index in [1.807, 2.05) is 42.5 Å². The highest BCUT2D eigenvalue weighted by Gasteiger charge is 2.07. The van der Waals surface area contributed by atoms with Crippen molar-refractivity contribution in [2.24, 2.45) is 5.10 Å². The molecular formula is C16H12N4O. The van der Waals surface area contributed by atoms with E-state index in [2.05, 4.69) is 10.5 Å². The van der Waals surface area contributed by atoms with Crippen LogP contribution in [0.25, 0.3) is 11.1 Å². The van der Waals surface area contributed by atoms with Gasteiger partial charge in [-0.1, -0.05) is 30.3 Å². The maximum Gasteiger partial charge on any atom is 0.237 e. The van der Waals surface area contributed by atoms with Crippen LogP contribution in [0.2, 0.25) is 0 Å². The number of anilines is 1. The SMILES string of the molecule is COc1ccc(-c2ccccc2)c(NN=C(C#N)C#N)c1. The molecule has 0 amide bonds. The molecule has 0 bridgehead atoms. The first-order valence-corrected chi connectivity index (χ1v) is 6.16. The quantitative estimate of drug-likeness (QED) is 0.687. The molecule has 2 rings (SSSR count).